The van der Waals surface area contributed by atoms with Crippen LogP contribution in [0.15, 0.2) is 0 Å². The third kappa shape index (κ3) is 4.49. The lowest BCUT2D eigenvalue weighted by Crippen LogP contribution is -2.46. The minimum absolute atomic E-state index is 0.607. The Morgan fingerprint density at radius 2 is 2.27 bits per heavy atom. The molecule has 3 nitrogen and oxygen atoms in total. The van der Waals surface area contributed by atoms with E-state index in [2.05, 4.69) is 11.8 Å². The van der Waals surface area contributed by atoms with Crippen molar-refractivity contribution in [3.63, 3.8) is 0 Å². The Hall–Kier alpha value is -0.120. The number of hydrogen-bond acceptors (Lipinski definition) is 3. The second-order valence-corrected chi connectivity index (χ2v) is 4.61. The van der Waals surface area contributed by atoms with Gasteiger partial charge in [0.05, 0.1) is 0 Å². The Morgan fingerprint density at radius 1 is 1.47 bits per heavy atom. The van der Waals surface area contributed by atoms with Crippen LogP contribution < -0.4 is 5.73 Å². The van der Waals surface area contributed by atoms with E-state index in [-0.39, 0.29) is 0 Å². The molecule has 1 fully saturated rings. The Kier molecular flexibility index (Phi) is 6.22. The fourth-order valence-electron chi connectivity index (χ4n) is 2.35. The number of ether oxygens (including phenoxy) is 1. The molecule has 0 aromatic rings. The fourth-order valence-corrected chi connectivity index (χ4v) is 2.35. The number of likely N-dealkylation sites (tertiary alicyclic amines) is 1. The maximum Gasteiger partial charge on any atom is 0.0478 e. The number of hydrogen-bond donors (Lipinski definition) is 1. The highest BCUT2D eigenvalue weighted by molar-refractivity contribution is 4.80. The van der Waals surface area contributed by atoms with Gasteiger partial charge >= 0.3 is 0 Å². The molecule has 2 atom stereocenters. The molecule has 0 aromatic heterocycles. The Morgan fingerprint density at radius 3 is 2.93 bits per heavy atom. The van der Waals surface area contributed by atoms with E-state index < -0.39 is 0 Å². The zero-order valence-electron chi connectivity index (χ0n) is 10.2. The van der Waals surface area contributed by atoms with Crippen LogP contribution in [0.25, 0.3) is 0 Å². The minimum atomic E-state index is 0.607. The highest BCUT2D eigenvalue weighted by Crippen LogP contribution is 2.21. The lowest BCUT2D eigenvalue weighted by atomic mass is 9.92. The van der Waals surface area contributed by atoms with Crippen LogP contribution in [0.4, 0.5) is 0 Å². The lowest BCUT2D eigenvalue weighted by molar-refractivity contribution is 0.0936. The zero-order valence-corrected chi connectivity index (χ0v) is 10.2. The average molecular weight is 214 g/mol. The molecular formula is C12H26N2O. The molecule has 2 N–H and O–H groups in total. The van der Waals surface area contributed by atoms with Crippen LogP contribution in [-0.4, -0.2) is 43.8 Å². The van der Waals surface area contributed by atoms with Crippen LogP contribution in [0.5, 0.6) is 0 Å². The molecule has 1 heterocycles. The van der Waals surface area contributed by atoms with E-state index in [1.807, 2.05) is 6.92 Å². The summed E-state index contributed by atoms with van der Waals surface area (Å²) in [5.74, 6) is 0.849. The van der Waals surface area contributed by atoms with Gasteiger partial charge < -0.3 is 10.5 Å². The molecule has 90 valence electrons. The van der Waals surface area contributed by atoms with Gasteiger partial charge in [-0.25, -0.2) is 0 Å². The van der Waals surface area contributed by atoms with Crippen LogP contribution in [0.2, 0.25) is 0 Å². The van der Waals surface area contributed by atoms with E-state index in [4.69, 9.17) is 10.5 Å². The van der Waals surface area contributed by atoms with Gasteiger partial charge in [-0.15, -0.1) is 0 Å². The summed E-state index contributed by atoms with van der Waals surface area (Å²) in [4.78, 5) is 2.54. The summed E-state index contributed by atoms with van der Waals surface area (Å²) in [6, 6.07) is 0.607. The SMILES string of the molecule is CCOCCCN1CCC(C)CC1CN. The largest absolute Gasteiger partial charge is 0.382 e. The number of rotatable bonds is 6. The molecule has 0 aliphatic carbocycles. The fraction of sp³-hybridized carbons (Fsp3) is 1.00. The van der Waals surface area contributed by atoms with E-state index in [0.717, 1.165) is 38.6 Å². The van der Waals surface area contributed by atoms with Crippen LogP contribution in [0.3, 0.4) is 0 Å². The van der Waals surface area contributed by atoms with Gasteiger partial charge in [0.25, 0.3) is 0 Å². The van der Waals surface area contributed by atoms with Crippen molar-refractivity contribution in [2.75, 3.05) is 32.8 Å². The maximum atomic E-state index is 5.81. The third-order valence-electron chi connectivity index (χ3n) is 3.31. The summed E-state index contributed by atoms with van der Waals surface area (Å²) in [6.07, 6.45) is 3.73. The summed E-state index contributed by atoms with van der Waals surface area (Å²) in [7, 11) is 0. The topological polar surface area (TPSA) is 38.5 Å². The molecule has 15 heavy (non-hydrogen) atoms. The molecular weight excluding hydrogens is 188 g/mol. The van der Waals surface area contributed by atoms with Gasteiger partial charge in [0, 0.05) is 32.3 Å². The molecule has 0 radical (unpaired) electrons. The van der Waals surface area contributed by atoms with Crippen molar-refractivity contribution in [2.24, 2.45) is 11.7 Å². The van der Waals surface area contributed by atoms with Crippen molar-refractivity contribution >= 4 is 0 Å². The number of nitrogens with two attached hydrogens (primary N) is 1. The molecule has 0 bridgehead atoms. The molecule has 2 unspecified atom stereocenters. The van der Waals surface area contributed by atoms with Gasteiger partial charge in [-0.05, 0) is 38.6 Å². The second kappa shape index (κ2) is 7.20. The molecule has 1 rings (SSSR count). The van der Waals surface area contributed by atoms with Gasteiger partial charge in [-0.3, -0.25) is 4.90 Å². The van der Waals surface area contributed by atoms with Crippen LogP contribution >= 0.6 is 0 Å². The normalized spacial score (nSPS) is 28.2. The average Bonchev–Trinajstić information content (AvgIpc) is 2.26. The van der Waals surface area contributed by atoms with Gasteiger partial charge in [-0.1, -0.05) is 6.92 Å². The maximum absolute atomic E-state index is 5.81. The Labute approximate surface area is 94.0 Å². The summed E-state index contributed by atoms with van der Waals surface area (Å²) in [5, 5.41) is 0. The van der Waals surface area contributed by atoms with Crippen molar-refractivity contribution in [1.29, 1.82) is 0 Å². The lowest BCUT2D eigenvalue weighted by Gasteiger charge is -2.37. The first kappa shape index (κ1) is 12.9. The molecule has 0 amide bonds. The predicted molar refractivity (Wildman–Crippen MR) is 63.9 cm³/mol. The highest BCUT2D eigenvalue weighted by Gasteiger charge is 2.24. The zero-order chi connectivity index (χ0) is 11.1. The van der Waals surface area contributed by atoms with Crippen molar-refractivity contribution < 1.29 is 4.74 Å². The smallest absolute Gasteiger partial charge is 0.0478 e. The van der Waals surface area contributed by atoms with Crippen LogP contribution in [0.1, 0.15) is 33.1 Å². The van der Waals surface area contributed by atoms with Crippen molar-refractivity contribution in [1.82, 2.24) is 4.90 Å². The van der Waals surface area contributed by atoms with E-state index in [1.54, 1.807) is 0 Å². The molecule has 0 spiro atoms. The van der Waals surface area contributed by atoms with Crippen LogP contribution in [0, 0.1) is 5.92 Å². The Bertz CT molecular complexity index is 164. The third-order valence-corrected chi connectivity index (χ3v) is 3.31. The molecule has 1 aliphatic heterocycles. The first-order valence-corrected chi connectivity index (χ1v) is 6.29. The standard InChI is InChI=1S/C12H26N2O/c1-3-15-8-4-6-14-7-5-11(2)9-12(14)10-13/h11-12H,3-10,13H2,1-2H3. The summed E-state index contributed by atoms with van der Waals surface area (Å²) in [5.41, 5.74) is 5.81. The molecule has 0 aromatic carbocycles. The highest BCUT2D eigenvalue weighted by atomic mass is 16.5. The van der Waals surface area contributed by atoms with E-state index >= 15 is 0 Å². The predicted octanol–water partition coefficient (Wildman–Crippen LogP) is 1.47. The van der Waals surface area contributed by atoms with Crippen molar-refractivity contribution in [3.8, 4) is 0 Å². The van der Waals surface area contributed by atoms with Crippen molar-refractivity contribution in [2.45, 2.75) is 39.2 Å². The van der Waals surface area contributed by atoms with Gasteiger partial charge in [0.2, 0.25) is 0 Å². The van der Waals surface area contributed by atoms with E-state index in [0.29, 0.717) is 6.04 Å². The van der Waals surface area contributed by atoms with Crippen molar-refractivity contribution in [3.05, 3.63) is 0 Å². The first-order chi connectivity index (χ1) is 7.27. The van der Waals surface area contributed by atoms with Gasteiger partial charge in [-0.2, -0.15) is 0 Å². The quantitative estimate of drug-likeness (QED) is 0.681. The molecule has 1 aliphatic rings. The molecule has 3 heteroatoms. The number of piperidine rings is 1. The van der Waals surface area contributed by atoms with Crippen LogP contribution in [-0.2, 0) is 4.74 Å². The number of nitrogens with zero attached hydrogens (tertiary/aromatic N) is 1. The summed E-state index contributed by atoms with van der Waals surface area (Å²) >= 11 is 0. The first-order valence-electron chi connectivity index (χ1n) is 6.29. The van der Waals surface area contributed by atoms with Gasteiger partial charge in [0.1, 0.15) is 0 Å². The molecule has 1 saturated heterocycles. The minimum Gasteiger partial charge on any atom is -0.382 e. The van der Waals surface area contributed by atoms with E-state index in [9.17, 15) is 0 Å². The Balaban J connectivity index is 2.20. The summed E-state index contributed by atoms with van der Waals surface area (Å²) < 4.78 is 5.36. The molecule has 0 saturated carbocycles. The van der Waals surface area contributed by atoms with Gasteiger partial charge in [0.15, 0.2) is 0 Å². The monoisotopic (exact) mass is 214 g/mol. The summed E-state index contributed by atoms with van der Waals surface area (Å²) in [6.45, 7) is 9.27. The second-order valence-electron chi connectivity index (χ2n) is 4.61. The van der Waals surface area contributed by atoms with E-state index in [1.165, 1.54) is 19.4 Å².